The van der Waals surface area contributed by atoms with Gasteiger partial charge in [-0.05, 0) is 43.8 Å². The monoisotopic (exact) mass is 269 g/mol. The van der Waals surface area contributed by atoms with Crippen molar-refractivity contribution in [2.45, 2.75) is 13.0 Å². The summed E-state index contributed by atoms with van der Waals surface area (Å²) < 4.78 is 13.4. The molecular formula is C13H13ClFNS. The lowest BCUT2D eigenvalue weighted by molar-refractivity contribution is 0.629. The predicted molar refractivity (Wildman–Crippen MR) is 72.2 cm³/mol. The molecule has 0 radical (unpaired) electrons. The number of thiophene rings is 1. The number of hydrogen-bond donors (Lipinski definition) is 1. The topological polar surface area (TPSA) is 12.0 Å². The highest BCUT2D eigenvalue weighted by Crippen LogP contribution is 2.32. The molecule has 1 nitrogen and oxygen atoms in total. The van der Waals surface area contributed by atoms with Crippen LogP contribution in [-0.2, 0) is 0 Å². The zero-order valence-corrected chi connectivity index (χ0v) is 11.2. The largest absolute Gasteiger partial charge is 0.313 e. The van der Waals surface area contributed by atoms with Gasteiger partial charge in [-0.15, -0.1) is 11.3 Å². The second-order valence-electron chi connectivity index (χ2n) is 3.84. The summed E-state index contributed by atoms with van der Waals surface area (Å²) in [7, 11) is 1.92. The Hall–Kier alpha value is -0.900. The zero-order chi connectivity index (χ0) is 12.4. The minimum absolute atomic E-state index is 0.161. The molecule has 1 aromatic carbocycles. The molecule has 0 aliphatic carbocycles. The van der Waals surface area contributed by atoms with Crippen molar-refractivity contribution in [1.82, 2.24) is 5.32 Å². The van der Waals surface area contributed by atoms with E-state index in [4.69, 9.17) is 11.6 Å². The number of hydrogen-bond acceptors (Lipinski definition) is 2. The molecule has 17 heavy (non-hydrogen) atoms. The van der Waals surface area contributed by atoms with Gasteiger partial charge in [-0.1, -0.05) is 17.7 Å². The Morgan fingerprint density at radius 3 is 2.71 bits per heavy atom. The zero-order valence-electron chi connectivity index (χ0n) is 9.63. The van der Waals surface area contributed by atoms with E-state index in [1.807, 2.05) is 19.2 Å². The molecule has 2 aromatic rings. The first-order chi connectivity index (χ1) is 8.11. The van der Waals surface area contributed by atoms with E-state index in [9.17, 15) is 4.39 Å². The molecule has 0 aliphatic heterocycles. The van der Waals surface area contributed by atoms with Gasteiger partial charge in [-0.25, -0.2) is 4.39 Å². The maximum atomic E-state index is 13.4. The summed E-state index contributed by atoms with van der Waals surface area (Å²) in [4.78, 5) is 2.29. The Balaban J connectivity index is 2.33. The normalized spacial score (nSPS) is 12.7. The Bertz CT molecular complexity index is 524. The van der Waals surface area contributed by atoms with E-state index < -0.39 is 0 Å². The molecular weight excluding hydrogens is 257 g/mol. The molecule has 1 heterocycles. The molecule has 0 saturated carbocycles. The van der Waals surface area contributed by atoms with E-state index in [0.29, 0.717) is 6.04 Å². The summed E-state index contributed by atoms with van der Waals surface area (Å²) in [5.74, 6) is -0.374. The molecule has 0 amide bonds. The molecule has 1 unspecified atom stereocenters. The van der Waals surface area contributed by atoms with Gasteiger partial charge in [-0.2, -0.15) is 0 Å². The number of benzene rings is 1. The molecule has 0 spiro atoms. The van der Waals surface area contributed by atoms with Crippen LogP contribution in [0.4, 0.5) is 4.39 Å². The molecule has 90 valence electrons. The second kappa shape index (κ2) is 5.17. The van der Waals surface area contributed by atoms with E-state index >= 15 is 0 Å². The second-order valence-corrected chi connectivity index (χ2v) is 5.36. The molecule has 1 atom stereocenters. The summed E-state index contributed by atoms with van der Waals surface area (Å²) in [6, 6.07) is 9.29. The van der Waals surface area contributed by atoms with Gasteiger partial charge in [0.05, 0.1) is 5.02 Å². The highest BCUT2D eigenvalue weighted by atomic mass is 35.5. The summed E-state index contributed by atoms with van der Waals surface area (Å²) in [6.45, 7) is 2.10. The molecule has 0 bridgehead atoms. The van der Waals surface area contributed by atoms with E-state index in [-0.39, 0.29) is 10.8 Å². The lowest BCUT2D eigenvalue weighted by Crippen LogP contribution is -2.10. The van der Waals surface area contributed by atoms with Gasteiger partial charge in [0.2, 0.25) is 0 Å². The first kappa shape index (κ1) is 12.6. The van der Waals surface area contributed by atoms with Gasteiger partial charge in [0.15, 0.2) is 0 Å². The van der Waals surface area contributed by atoms with Crippen LogP contribution in [-0.4, -0.2) is 7.05 Å². The molecule has 1 aromatic heterocycles. The minimum Gasteiger partial charge on any atom is -0.313 e. The molecule has 4 heteroatoms. The van der Waals surface area contributed by atoms with Gasteiger partial charge in [-0.3, -0.25) is 0 Å². The Morgan fingerprint density at radius 2 is 2.06 bits per heavy atom. The highest BCUT2D eigenvalue weighted by Gasteiger charge is 2.09. The third-order valence-corrected chi connectivity index (χ3v) is 4.31. The van der Waals surface area contributed by atoms with E-state index in [1.165, 1.54) is 10.9 Å². The van der Waals surface area contributed by atoms with E-state index in [2.05, 4.69) is 18.3 Å². The van der Waals surface area contributed by atoms with Gasteiger partial charge in [0, 0.05) is 15.8 Å². The van der Waals surface area contributed by atoms with Gasteiger partial charge in [0.1, 0.15) is 5.82 Å². The number of halogens is 2. The average Bonchev–Trinajstić information content (AvgIpc) is 2.81. The third-order valence-electron chi connectivity index (χ3n) is 2.69. The smallest absolute Gasteiger partial charge is 0.142 e. The maximum Gasteiger partial charge on any atom is 0.142 e. The van der Waals surface area contributed by atoms with Crippen molar-refractivity contribution in [3.05, 3.63) is 46.0 Å². The van der Waals surface area contributed by atoms with Crippen LogP contribution < -0.4 is 5.32 Å². The average molecular weight is 270 g/mol. The van der Waals surface area contributed by atoms with Crippen LogP contribution in [0.3, 0.4) is 0 Å². The maximum absolute atomic E-state index is 13.4. The van der Waals surface area contributed by atoms with Crippen molar-refractivity contribution in [2.24, 2.45) is 0 Å². The van der Waals surface area contributed by atoms with Crippen LogP contribution in [0.2, 0.25) is 5.02 Å². The van der Waals surface area contributed by atoms with E-state index in [0.717, 1.165) is 10.4 Å². The fourth-order valence-electron chi connectivity index (χ4n) is 1.53. The summed E-state index contributed by atoms with van der Waals surface area (Å²) in [6.07, 6.45) is 0. The quantitative estimate of drug-likeness (QED) is 0.866. The Labute approximate surface area is 109 Å². The van der Waals surface area contributed by atoms with Crippen LogP contribution >= 0.6 is 22.9 Å². The first-order valence-electron chi connectivity index (χ1n) is 5.34. The van der Waals surface area contributed by atoms with Crippen molar-refractivity contribution in [1.29, 1.82) is 0 Å². The number of rotatable bonds is 3. The summed E-state index contributed by atoms with van der Waals surface area (Å²) in [5.41, 5.74) is 0.867. The Morgan fingerprint density at radius 1 is 1.29 bits per heavy atom. The first-order valence-corrected chi connectivity index (χ1v) is 6.53. The van der Waals surface area contributed by atoms with Crippen LogP contribution in [0.15, 0.2) is 30.3 Å². The van der Waals surface area contributed by atoms with Gasteiger partial charge < -0.3 is 5.32 Å². The molecule has 0 fully saturated rings. The Kier molecular flexibility index (Phi) is 3.82. The minimum atomic E-state index is -0.374. The van der Waals surface area contributed by atoms with Crippen LogP contribution in [0.5, 0.6) is 0 Å². The van der Waals surface area contributed by atoms with Crippen LogP contribution in [0, 0.1) is 5.82 Å². The van der Waals surface area contributed by atoms with E-state index in [1.54, 1.807) is 17.4 Å². The van der Waals surface area contributed by atoms with Crippen molar-refractivity contribution >= 4 is 22.9 Å². The lowest BCUT2D eigenvalue weighted by atomic mass is 10.2. The third kappa shape index (κ3) is 2.68. The van der Waals surface area contributed by atoms with Crippen molar-refractivity contribution < 1.29 is 4.39 Å². The lowest BCUT2D eigenvalue weighted by Gasteiger charge is -2.06. The molecule has 0 saturated heterocycles. The van der Waals surface area contributed by atoms with Crippen LogP contribution in [0.25, 0.3) is 10.4 Å². The number of nitrogens with one attached hydrogen (secondary N) is 1. The van der Waals surface area contributed by atoms with Crippen molar-refractivity contribution in [3.8, 4) is 10.4 Å². The van der Waals surface area contributed by atoms with Crippen molar-refractivity contribution in [2.75, 3.05) is 7.05 Å². The predicted octanol–water partition coefficient (Wildman–Crippen LogP) is 4.49. The van der Waals surface area contributed by atoms with Crippen molar-refractivity contribution in [3.63, 3.8) is 0 Å². The molecule has 0 aliphatic rings. The highest BCUT2D eigenvalue weighted by molar-refractivity contribution is 7.15. The van der Waals surface area contributed by atoms with Gasteiger partial charge >= 0.3 is 0 Å². The van der Waals surface area contributed by atoms with Gasteiger partial charge in [0.25, 0.3) is 0 Å². The molecule has 2 rings (SSSR count). The summed E-state index contributed by atoms with van der Waals surface area (Å²) in [5, 5.41) is 3.34. The molecule has 1 N–H and O–H groups in total. The SMILES string of the molecule is CNC(C)c1ccc(-c2ccc(Cl)c(F)c2)s1. The standard InChI is InChI=1S/C13H13ClFNS/c1-8(16-2)12-5-6-13(17-12)9-3-4-10(14)11(15)7-9/h3-8,16H,1-2H3. The summed E-state index contributed by atoms with van der Waals surface area (Å²) >= 11 is 7.33. The fourth-order valence-corrected chi connectivity index (χ4v) is 2.72. The van der Waals surface area contributed by atoms with Crippen LogP contribution in [0.1, 0.15) is 17.8 Å². The fraction of sp³-hybridized carbons (Fsp3) is 0.231.